The van der Waals surface area contributed by atoms with Crippen molar-refractivity contribution in [1.29, 1.82) is 0 Å². The summed E-state index contributed by atoms with van der Waals surface area (Å²) in [6, 6.07) is 0. The first-order valence-electron chi connectivity index (χ1n) is 3.04. The molecule has 0 aromatic heterocycles. The van der Waals surface area contributed by atoms with Crippen molar-refractivity contribution in [3.05, 3.63) is 0 Å². The van der Waals surface area contributed by atoms with Crippen LogP contribution in [-0.2, 0) is 4.79 Å². The van der Waals surface area contributed by atoms with Gasteiger partial charge in [-0.05, 0) is 12.8 Å². The van der Waals surface area contributed by atoms with E-state index in [4.69, 9.17) is 0 Å². The minimum atomic E-state index is 0. The second kappa shape index (κ2) is 3.45. The SMILES string of the molecule is CN1CCCCC1=O.N. The molecule has 3 N–H and O–H groups in total. The Morgan fingerprint density at radius 3 is 2.44 bits per heavy atom. The maximum absolute atomic E-state index is 10.7. The number of amides is 1. The van der Waals surface area contributed by atoms with Crippen molar-refractivity contribution in [1.82, 2.24) is 11.1 Å². The monoisotopic (exact) mass is 130 g/mol. The van der Waals surface area contributed by atoms with Crippen LogP contribution in [0.15, 0.2) is 0 Å². The average molecular weight is 130 g/mol. The van der Waals surface area contributed by atoms with Crippen LogP contribution in [0, 0.1) is 0 Å². The van der Waals surface area contributed by atoms with Gasteiger partial charge in [-0.25, -0.2) is 0 Å². The molecule has 1 aliphatic heterocycles. The Morgan fingerprint density at radius 2 is 2.11 bits per heavy atom. The summed E-state index contributed by atoms with van der Waals surface area (Å²) in [6.45, 7) is 0.957. The lowest BCUT2D eigenvalue weighted by Gasteiger charge is -2.21. The maximum Gasteiger partial charge on any atom is 0.222 e. The summed E-state index contributed by atoms with van der Waals surface area (Å²) in [5, 5.41) is 0. The zero-order chi connectivity index (χ0) is 5.98. The van der Waals surface area contributed by atoms with Crippen molar-refractivity contribution in [3.63, 3.8) is 0 Å². The third kappa shape index (κ3) is 2.01. The fraction of sp³-hybridized carbons (Fsp3) is 0.833. The topological polar surface area (TPSA) is 55.3 Å². The molecule has 9 heavy (non-hydrogen) atoms. The van der Waals surface area contributed by atoms with Crippen LogP contribution in [0.3, 0.4) is 0 Å². The molecule has 1 heterocycles. The Hall–Kier alpha value is -0.570. The van der Waals surface area contributed by atoms with Gasteiger partial charge in [-0.2, -0.15) is 0 Å². The molecule has 1 fully saturated rings. The molecule has 0 aromatic rings. The molecule has 0 atom stereocenters. The summed E-state index contributed by atoms with van der Waals surface area (Å²) < 4.78 is 0. The molecule has 1 aliphatic rings. The predicted molar refractivity (Wildman–Crippen MR) is 36.5 cm³/mol. The van der Waals surface area contributed by atoms with E-state index in [9.17, 15) is 4.79 Å². The highest BCUT2D eigenvalue weighted by Gasteiger charge is 2.12. The van der Waals surface area contributed by atoms with E-state index in [1.54, 1.807) is 4.90 Å². The van der Waals surface area contributed by atoms with Gasteiger partial charge < -0.3 is 11.1 Å². The van der Waals surface area contributed by atoms with Crippen LogP contribution in [0.25, 0.3) is 0 Å². The Balaban J connectivity index is 0.000000640. The Labute approximate surface area is 55.6 Å². The summed E-state index contributed by atoms with van der Waals surface area (Å²) >= 11 is 0. The van der Waals surface area contributed by atoms with Crippen molar-refractivity contribution < 1.29 is 4.79 Å². The largest absolute Gasteiger partial charge is 0.346 e. The Bertz CT molecular complexity index is 103. The summed E-state index contributed by atoms with van der Waals surface area (Å²) in [7, 11) is 1.86. The van der Waals surface area contributed by atoms with Gasteiger partial charge in [-0.15, -0.1) is 0 Å². The molecule has 1 saturated heterocycles. The number of likely N-dealkylation sites (tertiary alicyclic amines) is 1. The van der Waals surface area contributed by atoms with Crippen molar-refractivity contribution in [2.45, 2.75) is 19.3 Å². The fourth-order valence-electron chi connectivity index (χ4n) is 0.941. The molecule has 3 heteroatoms. The zero-order valence-electron chi connectivity index (χ0n) is 5.89. The maximum atomic E-state index is 10.7. The highest BCUT2D eigenvalue weighted by molar-refractivity contribution is 5.76. The van der Waals surface area contributed by atoms with E-state index >= 15 is 0 Å². The molecular weight excluding hydrogens is 116 g/mol. The number of rotatable bonds is 0. The first-order valence-corrected chi connectivity index (χ1v) is 3.04. The molecule has 3 nitrogen and oxygen atoms in total. The minimum Gasteiger partial charge on any atom is -0.346 e. The average Bonchev–Trinajstić information content (AvgIpc) is 1.77. The number of carbonyl (C=O) groups excluding carboxylic acids is 1. The number of piperidine rings is 1. The quantitative estimate of drug-likeness (QED) is 0.527. The molecule has 0 aromatic carbocycles. The summed E-state index contributed by atoms with van der Waals surface area (Å²) in [4.78, 5) is 12.5. The first kappa shape index (κ1) is 8.43. The Kier molecular flexibility index (Phi) is 3.24. The van der Waals surface area contributed by atoms with E-state index in [0.29, 0.717) is 5.91 Å². The molecule has 1 amide bonds. The molecule has 0 saturated carbocycles. The van der Waals surface area contributed by atoms with Crippen LogP contribution in [0.5, 0.6) is 0 Å². The number of hydrogen-bond acceptors (Lipinski definition) is 2. The standard InChI is InChI=1S/C6H11NO.H3N/c1-7-5-3-2-4-6(7)8;/h2-5H2,1H3;1H3. The first-order chi connectivity index (χ1) is 3.80. The van der Waals surface area contributed by atoms with E-state index in [-0.39, 0.29) is 6.15 Å². The van der Waals surface area contributed by atoms with Gasteiger partial charge in [0, 0.05) is 20.0 Å². The smallest absolute Gasteiger partial charge is 0.222 e. The molecule has 1 rings (SSSR count). The second-order valence-electron chi connectivity index (χ2n) is 2.27. The third-order valence-corrected chi connectivity index (χ3v) is 1.56. The van der Waals surface area contributed by atoms with Crippen molar-refractivity contribution >= 4 is 5.91 Å². The number of hydrogen-bond donors (Lipinski definition) is 1. The van der Waals surface area contributed by atoms with Crippen LogP contribution in [-0.4, -0.2) is 24.4 Å². The van der Waals surface area contributed by atoms with Crippen LogP contribution in [0.2, 0.25) is 0 Å². The molecule has 0 unspecified atom stereocenters. The molecule has 0 spiro atoms. The van der Waals surface area contributed by atoms with Crippen molar-refractivity contribution in [2.75, 3.05) is 13.6 Å². The number of nitrogens with zero attached hydrogens (tertiary/aromatic N) is 1. The second-order valence-corrected chi connectivity index (χ2v) is 2.27. The third-order valence-electron chi connectivity index (χ3n) is 1.56. The number of carbonyl (C=O) groups is 1. The van der Waals surface area contributed by atoms with E-state index in [2.05, 4.69) is 0 Å². The van der Waals surface area contributed by atoms with Gasteiger partial charge in [0.05, 0.1) is 0 Å². The highest BCUT2D eigenvalue weighted by Crippen LogP contribution is 2.06. The Morgan fingerprint density at radius 1 is 1.44 bits per heavy atom. The van der Waals surface area contributed by atoms with Crippen LogP contribution in [0.4, 0.5) is 0 Å². The van der Waals surface area contributed by atoms with E-state index in [0.717, 1.165) is 19.4 Å². The molecular formula is C6H14N2O. The van der Waals surface area contributed by atoms with Gasteiger partial charge in [-0.3, -0.25) is 4.79 Å². The van der Waals surface area contributed by atoms with Crippen molar-refractivity contribution in [3.8, 4) is 0 Å². The highest BCUT2D eigenvalue weighted by atomic mass is 16.2. The lowest BCUT2D eigenvalue weighted by molar-refractivity contribution is -0.131. The van der Waals surface area contributed by atoms with Gasteiger partial charge in [0.1, 0.15) is 0 Å². The molecule has 0 bridgehead atoms. The predicted octanol–water partition coefficient (Wildman–Crippen LogP) is 0.791. The fourth-order valence-corrected chi connectivity index (χ4v) is 0.941. The van der Waals surface area contributed by atoms with E-state index < -0.39 is 0 Å². The van der Waals surface area contributed by atoms with Gasteiger partial charge in [0.2, 0.25) is 5.91 Å². The van der Waals surface area contributed by atoms with Crippen LogP contribution >= 0.6 is 0 Å². The lowest BCUT2D eigenvalue weighted by atomic mass is 10.1. The van der Waals surface area contributed by atoms with Crippen LogP contribution in [0.1, 0.15) is 19.3 Å². The van der Waals surface area contributed by atoms with Crippen molar-refractivity contribution in [2.24, 2.45) is 0 Å². The zero-order valence-corrected chi connectivity index (χ0v) is 5.89. The van der Waals surface area contributed by atoms with Crippen LogP contribution < -0.4 is 6.15 Å². The summed E-state index contributed by atoms with van der Waals surface area (Å²) in [5.41, 5.74) is 0. The summed E-state index contributed by atoms with van der Waals surface area (Å²) in [5.74, 6) is 0.302. The minimum absolute atomic E-state index is 0. The van der Waals surface area contributed by atoms with Gasteiger partial charge in [-0.1, -0.05) is 0 Å². The molecule has 0 aliphatic carbocycles. The lowest BCUT2D eigenvalue weighted by Crippen LogP contribution is -2.31. The van der Waals surface area contributed by atoms with E-state index in [1.165, 1.54) is 6.42 Å². The molecule has 0 radical (unpaired) electrons. The van der Waals surface area contributed by atoms with Gasteiger partial charge in [0.15, 0.2) is 0 Å². The molecule has 54 valence electrons. The van der Waals surface area contributed by atoms with E-state index in [1.807, 2.05) is 7.05 Å². The van der Waals surface area contributed by atoms with Gasteiger partial charge >= 0.3 is 0 Å². The van der Waals surface area contributed by atoms with Gasteiger partial charge in [0.25, 0.3) is 0 Å². The summed E-state index contributed by atoms with van der Waals surface area (Å²) in [6.07, 6.45) is 3.03. The normalized spacial score (nSPS) is 19.2.